The molecule has 1 aromatic heterocycles. The van der Waals surface area contributed by atoms with Crippen molar-refractivity contribution in [3.05, 3.63) is 54.1 Å². The summed E-state index contributed by atoms with van der Waals surface area (Å²) in [4.78, 5) is 14.2. The Morgan fingerprint density at radius 1 is 1.19 bits per heavy atom. The van der Waals surface area contributed by atoms with Crippen LogP contribution in [-0.2, 0) is 21.4 Å². The van der Waals surface area contributed by atoms with Gasteiger partial charge < -0.3 is 4.90 Å². The molecule has 0 bridgehead atoms. The molecular formula is C17H19N5O3S. The Hall–Kier alpha value is -2.78. The molecule has 1 amide bonds. The Morgan fingerprint density at radius 2 is 1.85 bits per heavy atom. The first-order chi connectivity index (χ1) is 12.3. The molecule has 0 aliphatic heterocycles. The van der Waals surface area contributed by atoms with Crippen molar-refractivity contribution in [1.82, 2.24) is 19.9 Å². The fourth-order valence-corrected chi connectivity index (χ4v) is 3.16. The van der Waals surface area contributed by atoms with Gasteiger partial charge in [0.2, 0.25) is 15.9 Å². The number of primary sulfonamides is 1. The number of nitrogens with zero attached hydrogens (tertiary/aromatic N) is 4. The van der Waals surface area contributed by atoms with Crippen molar-refractivity contribution < 1.29 is 13.2 Å². The van der Waals surface area contributed by atoms with Gasteiger partial charge in [-0.05, 0) is 36.8 Å². The summed E-state index contributed by atoms with van der Waals surface area (Å²) in [5.74, 6) is -0.135. The van der Waals surface area contributed by atoms with Crippen LogP contribution < -0.4 is 5.14 Å². The minimum atomic E-state index is -3.74. The highest BCUT2D eigenvalue weighted by Gasteiger charge is 2.19. The number of hydrogen-bond acceptors (Lipinski definition) is 5. The zero-order chi connectivity index (χ0) is 18.9. The predicted molar refractivity (Wildman–Crippen MR) is 96.5 cm³/mol. The first-order valence-corrected chi connectivity index (χ1v) is 9.48. The van der Waals surface area contributed by atoms with E-state index in [2.05, 4.69) is 10.3 Å². The van der Waals surface area contributed by atoms with Gasteiger partial charge in [-0.25, -0.2) is 18.2 Å². The normalized spacial score (nSPS) is 12.9. The first-order valence-electron chi connectivity index (χ1n) is 7.94. The number of hydrogen-bond donors (Lipinski definition) is 1. The van der Waals surface area contributed by atoms with E-state index in [-0.39, 0.29) is 23.4 Å². The number of rotatable bonds is 5. The van der Waals surface area contributed by atoms with Crippen molar-refractivity contribution in [3.63, 3.8) is 0 Å². The summed E-state index contributed by atoms with van der Waals surface area (Å²) in [6.07, 6.45) is 0. The van der Waals surface area contributed by atoms with Crippen molar-refractivity contribution in [1.29, 1.82) is 0 Å². The van der Waals surface area contributed by atoms with Gasteiger partial charge in [-0.3, -0.25) is 4.79 Å². The third kappa shape index (κ3) is 3.58. The minimum Gasteiger partial charge on any atom is -0.337 e. The molecule has 9 heteroatoms. The van der Waals surface area contributed by atoms with E-state index in [0.717, 1.165) is 16.6 Å². The fraction of sp³-hybridized carbons (Fsp3) is 0.235. The number of carbonyl (C=O) groups is 1. The molecule has 0 saturated carbocycles. The standard InChI is InChI=1S/C17H19N5O3S/c1-12(13-7-9-14(10-8-13)26(18,24)25)21(2)17(23)11-22-16-6-4-3-5-15(16)19-20-22/h3-10,12H,11H2,1-2H3,(H2,18,24,25). The van der Waals surface area contributed by atoms with Gasteiger partial charge in [-0.1, -0.05) is 29.5 Å². The Labute approximate surface area is 151 Å². The molecule has 1 atom stereocenters. The number of carbonyl (C=O) groups excluding carboxylic acids is 1. The number of nitrogens with two attached hydrogens (primary N) is 1. The van der Waals surface area contributed by atoms with Gasteiger partial charge in [0.25, 0.3) is 0 Å². The van der Waals surface area contributed by atoms with E-state index in [1.807, 2.05) is 31.2 Å². The Kier molecular flexibility index (Phi) is 4.75. The van der Waals surface area contributed by atoms with Gasteiger partial charge in [-0.2, -0.15) is 0 Å². The molecule has 0 aliphatic rings. The number of benzene rings is 2. The fourth-order valence-electron chi connectivity index (χ4n) is 2.65. The molecule has 0 spiro atoms. The second-order valence-electron chi connectivity index (χ2n) is 6.03. The molecule has 8 nitrogen and oxygen atoms in total. The Morgan fingerprint density at radius 3 is 2.50 bits per heavy atom. The maximum atomic E-state index is 12.6. The van der Waals surface area contributed by atoms with Crippen LogP contribution >= 0.6 is 0 Å². The minimum absolute atomic E-state index is 0.0384. The zero-order valence-electron chi connectivity index (χ0n) is 14.4. The number of para-hydroxylation sites is 1. The summed E-state index contributed by atoms with van der Waals surface area (Å²) in [6.45, 7) is 1.93. The van der Waals surface area contributed by atoms with E-state index >= 15 is 0 Å². The maximum Gasteiger partial charge on any atom is 0.244 e. The molecular weight excluding hydrogens is 354 g/mol. The largest absolute Gasteiger partial charge is 0.337 e. The average Bonchev–Trinajstić information content (AvgIpc) is 3.03. The van der Waals surface area contributed by atoms with E-state index < -0.39 is 10.0 Å². The molecule has 0 radical (unpaired) electrons. The molecule has 2 aromatic carbocycles. The van der Waals surface area contributed by atoms with Crippen molar-refractivity contribution in [2.24, 2.45) is 5.14 Å². The van der Waals surface area contributed by atoms with Gasteiger partial charge in [-0.15, -0.1) is 5.10 Å². The van der Waals surface area contributed by atoms with Gasteiger partial charge in [0.05, 0.1) is 16.5 Å². The molecule has 0 fully saturated rings. The Bertz CT molecular complexity index is 1040. The highest BCUT2D eigenvalue weighted by molar-refractivity contribution is 7.89. The molecule has 1 unspecified atom stereocenters. The molecule has 0 saturated heterocycles. The summed E-state index contributed by atoms with van der Waals surface area (Å²) < 4.78 is 24.2. The molecule has 2 N–H and O–H groups in total. The van der Waals surface area contributed by atoms with Crippen LogP contribution in [0.4, 0.5) is 0 Å². The van der Waals surface area contributed by atoms with Gasteiger partial charge >= 0.3 is 0 Å². The van der Waals surface area contributed by atoms with E-state index in [1.54, 1.807) is 28.8 Å². The SMILES string of the molecule is CC(c1ccc(S(N)(=O)=O)cc1)N(C)C(=O)Cn1nnc2ccccc21. The van der Waals surface area contributed by atoms with E-state index in [4.69, 9.17) is 5.14 Å². The quantitative estimate of drug-likeness (QED) is 0.724. The number of aromatic nitrogens is 3. The van der Waals surface area contributed by atoms with E-state index in [9.17, 15) is 13.2 Å². The lowest BCUT2D eigenvalue weighted by Crippen LogP contribution is -2.33. The second-order valence-corrected chi connectivity index (χ2v) is 7.59. The van der Waals surface area contributed by atoms with Gasteiger partial charge in [0, 0.05) is 7.05 Å². The van der Waals surface area contributed by atoms with Crippen LogP contribution in [0.2, 0.25) is 0 Å². The topological polar surface area (TPSA) is 111 Å². The number of fused-ring (bicyclic) bond motifs is 1. The number of likely N-dealkylation sites (N-methyl/N-ethyl adjacent to an activating group) is 1. The van der Waals surface area contributed by atoms with Gasteiger partial charge in [0.1, 0.15) is 12.1 Å². The van der Waals surface area contributed by atoms with Crippen molar-refractivity contribution >= 4 is 27.0 Å². The lowest BCUT2D eigenvalue weighted by molar-refractivity contribution is -0.132. The lowest BCUT2D eigenvalue weighted by atomic mass is 10.1. The van der Waals surface area contributed by atoms with Crippen LogP contribution in [0.1, 0.15) is 18.5 Å². The zero-order valence-corrected chi connectivity index (χ0v) is 15.2. The third-order valence-corrected chi connectivity index (χ3v) is 5.30. The van der Waals surface area contributed by atoms with Crippen LogP contribution in [0.5, 0.6) is 0 Å². The van der Waals surface area contributed by atoms with Crippen molar-refractivity contribution in [2.75, 3.05) is 7.05 Å². The monoisotopic (exact) mass is 373 g/mol. The van der Waals surface area contributed by atoms with E-state index in [1.165, 1.54) is 12.1 Å². The van der Waals surface area contributed by atoms with Crippen molar-refractivity contribution in [2.45, 2.75) is 24.4 Å². The molecule has 136 valence electrons. The summed E-state index contributed by atoms with van der Waals surface area (Å²) in [5, 5.41) is 13.2. The molecule has 1 heterocycles. The molecule has 0 aliphatic carbocycles. The first kappa shape index (κ1) is 18.0. The van der Waals surface area contributed by atoms with Crippen LogP contribution in [0.15, 0.2) is 53.4 Å². The highest BCUT2D eigenvalue weighted by atomic mass is 32.2. The summed E-state index contributed by atoms with van der Waals surface area (Å²) in [7, 11) is -2.04. The van der Waals surface area contributed by atoms with Crippen LogP contribution in [-0.4, -0.2) is 41.3 Å². The third-order valence-electron chi connectivity index (χ3n) is 4.37. The summed E-state index contributed by atoms with van der Waals surface area (Å²) in [5.41, 5.74) is 2.32. The van der Waals surface area contributed by atoms with E-state index in [0.29, 0.717) is 0 Å². The number of sulfonamides is 1. The van der Waals surface area contributed by atoms with Crippen molar-refractivity contribution in [3.8, 4) is 0 Å². The smallest absolute Gasteiger partial charge is 0.244 e. The second kappa shape index (κ2) is 6.85. The predicted octanol–water partition coefficient (Wildman–Crippen LogP) is 1.30. The summed E-state index contributed by atoms with van der Waals surface area (Å²) in [6, 6.07) is 13.4. The van der Waals surface area contributed by atoms with Crippen LogP contribution in [0.3, 0.4) is 0 Å². The highest BCUT2D eigenvalue weighted by Crippen LogP contribution is 2.21. The van der Waals surface area contributed by atoms with Crippen LogP contribution in [0, 0.1) is 0 Å². The summed E-state index contributed by atoms with van der Waals surface area (Å²) >= 11 is 0. The number of amides is 1. The Balaban J connectivity index is 1.75. The van der Waals surface area contributed by atoms with Crippen LogP contribution in [0.25, 0.3) is 11.0 Å². The lowest BCUT2D eigenvalue weighted by Gasteiger charge is -2.25. The molecule has 3 rings (SSSR count). The molecule has 3 aromatic rings. The average molecular weight is 373 g/mol. The maximum absolute atomic E-state index is 12.6. The molecule has 26 heavy (non-hydrogen) atoms. The van der Waals surface area contributed by atoms with Gasteiger partial charge in [0.15, 0.2) is 0 Å².